The average Bonchev–Trinajstić information content (AvgIpc) is 2.62. The minimum atomic E-state index is 0.181. The van der Waals surface area contributed by atoms with Crippen LogP contribution in [0.2, 0.25) is 0 Å². The van der Waals surface area contributed by atoms with Gasteiger partial charge >= 0.3 is 0 Å². The van der Waals surface area contributed by atoms with Crippen molar-refractivity contribution in [3.63, 3.8) is 0 Å². The Kier molecular flexibility index (Phi) is 6.42. The molecule has 0 aromatic carbocycles. The van der Waals surface area contributed by atoms with E-state index in [9.17, 15) is 4.79 Å². The molecule has 1 rings (SSSR count). The molecule has 0 saturated carbocycles. The lowest BCUT2D eigenvalue weighted by Crippen LogP contribution is -2.36. The predicted molar refractivity (Wildman–Crippen MR) is 64.3 cm³/mol. The van der Waals surface area contributed by atoms with E-state index in [1.165, 1.54) is 0 Å². The molecule has 1 fully saturated rings. The largest absolute Gasteiger partial charge is 0.380 e. The maximum atomic E-state index is 10.9. The van der Waals surface area contributed by atoms with E-state index >= 15 is 0 Å². The van der Waals surface area contributed by atoms with E-state index in [0.29, 0.717) is 18.4 Å². The van der Waals surface area contributed by atoms with E-state index in [4.69, 9.17) is 4.74 Å². The maximum absolute atomic E-state index is 10.9. The number of carbonyl (C=O) groups excluding carboxylic acids is 1. The van der Waals surface area contributed by atoms with Crippen molar-refractivity contribution >= 4 is 5.91 Å². The van der Waals surface area contributed by atoms with Crippen LogP contribution >= 0.6 is 0 Å². The Labute approximate surface area is 98.1 Å². The molecule has 1 unspecified atom stereocenters. The van der Waals surface area contributed by atoms with Gasteiger partial charge in [-0.3, -0.25) is 4.79 Å². The number of nitrogens with one attached hydrogen (secondary N) is 2. The molecule has 0 spiro atoms. The van der Waals surface area contributed by atoms with Crippen LogP contribution in [0.15, 0.2) is 0 Å². The minimum absolute atomic E-state index is 0.181. The zero-order valence-corrected chi connectivity index (χ0v) is 10.4. The Hall–Kier alpha value is -0.610. The van der Waals surface area contributed by atoms with Crippen molar-refractivity contribution in [1.29, 1.82) is 0 Å². The van der Waals surface area contributed by atoms with Gasteiger partial charge < -0.3 is 15.4 Å². The van der Waals surface area contributed by atoms with Crippen LogP contribution in [0.1, 0.15) is 33.1 Å². The fraction of sp³-hybridized carbons (Fsp3) is 0.917. The molecule has 0 aromatic rings. The molecule has 1 amide bonds. The Balaban J connectivity index is 1.83. The summed E-state index contributed by atoms with van der Waals surface area (Å²) < 4.78 is 5.48. The molecule has 94 valence electrons. The first-order valence-electron chi connectivity index (χ1n) is 6.26. The fourth-order valence-corrected chi connectivity index (χ4v) is 1.67. The van der Waals surface area contributed by atoms with Gasteiger partial charge in [-0.1, -0.05) is 13.8 Å². The lowest BCUT2D eigenvalue weighted by Gasteiger charge is -2.11. The topological polar surface area (TPSA) is 50.4 Å². The van der Waals surface area contributed by atoms with Crippen molar-refractivity contribution in [2.24, 2.45) is 5.92 Å². The highest BCUT2D eigenvalue weighted by molar-refractivity contribution is 5.78. The van der Waals surface area contributed by atoms with Crippen LogP contribution in [-0.4, -0.2) is 38.3 Å². The van der Waals surface area contributed by atoms with Crippen molar-refractivity contribution in [1.82, 2.24) is 10.6 Å². The van der Waals surface area contributed by atoms with Gasteiger partial charge in [0.05, 0.1) is 6.61 Å². The first-order valence-corrected chi connectivity index (χ1v) is 6.26. The molecule has 16 heavy (non-hydrogen) atoms. The predicted octanol–water partition coefficient (Wildman–Crippen LogP) is 0.917. The van der Waals surface area contributed by atoms with Crippen LogP contribution in [0.3, 0.4) is 0 Å². The zero-order chi connectivity index (χ0) is 11.8. The number of carbonyl (C=O) groups is 1. The Morgan fingerprint density at radius 2 is 2.31 bits per heavy atom. The summed E-state index contributed by atoms with van der Waals surface area (Å²) in [4.78, 5) is 10.9. The van der Waals surface area contributed by atoms with Crippen molar-refractivity contribution in [3.05, 3.63) is 0 Å². The maximum Gasteiger partial charge on any atom is 0.220 e. The number of amides is 1. The van der Waals surface area contributed by atoms with Gasteiger partial charge in [-0.2, -0.15) is 0 Å². The summed E-state index contributed by atoms with van der Waals surface area (Å²) >= 11 is 0. The molecule has 2 N–H and O–H groups in total. The number of hydrogen-bond donors (Lipinski definition) is 2. The van der Waals surface area contributed by atoms with Gasteiger partial charge in [0.1, 0.15) is 0 Å². The molecule has 0 aliphatic carbocycles. The van der Waals surface area contributed by atoms with Crippen molar-refractivity contribution in [2.45, 2.75) is 39.2 Å². The molecular formula is C12H24N2O2. The molecule has 0 aromatic heterocycles. The van der Waals surface area contributed by atoms with E-state index in [0.717, 1.165) is 39.1 Å². The number of ether oxygens (including phenoxy) is 1. The van der Waals surface area contributed by atoms with Crippen LogP contribution in [0.5, 0.6) is 0 Å². The molecule has 1 saturated heterocycles. The highest BCUT2D eigenvalue weighted by Gasteiger charge is 2.19. The molecule has 0 radical (unpaired) electrons. The second-order valence-corrected chi connectivity index (χ2v) is 4.80. The van der Waals surface area contributed by atoms with Gasteiger partial charge in [0.15, 0.2) is 0 Å². The highest BCUT2D eigenvalue weighted by atomic mass is 16.5. The number of hydrogen-bond acceptors (Lipinski definition) is 3. The first kappa shape index (κ1) is 13.5. The smallest absolute Gasteiger partial charge is 0.220 e. The van der Waals surface area contributed by atoms with E-state index in [1.807, 2.05) is 0 Å². The van der Waals surface area contributed by atoms with Crippen molar-refractivity contribution in [2.75, 3.05) is 26.3 Å². The van der Waals surface area contributed by atoms with E-state index in [-0.39, 0.29) is 5.91 Å². The third-order valence-corrected chi connectivity index (χ3v) is 2.74. The van der Waals surface area contributed by atoms with E-state index < -0.39 is 0 Å². The summed E-state index contributed by atoms with van der Waals surface area (Å²) in [7, 11) is 0. The van der Waals surface area contributed by atoms with Crippen LogP contribution in [0, 0.1) is 5.92 Å². The van der Waals surface area contributed by atoms with Crippen LogP contribution in [0.25, 0.3) is 0 Å². The van der Waals surface area contributed by atoms with Crippen LogP contribution < -0.4 is 10.6 Å². The third kappa shape index (κ3) is 6.08. The summed E-state index contributed by atoms with van der Waals surface area (Å²) in [6.07, 6.45) is 2.76. The lowest BCUT2D eigenvalue weighted by molar-refractivity contribution is -0.119. The monoisotopic (exact) mass is 228 g/mol. The SMILES string of the molecule is CC(C)CCOCCNCC1CCC(=O)N1. The van der Waals surface area contributed by atoms with Crippen molar-refractivity contribution in [3.8, 4) is 0 Å². The standard InChI is InChI=1S/C12H24N2O2/c1-10(2)5-7-16-8-6-13-9-11-3-4-12(15)14-11/h10-11,13H,3-9H2,1-2H3,(H,14,15). The van der Waals surface area contributed by atoms with Gasteiger partial charge in [-0.15, -0.1) is 0 Å². The van der Waals surface area contributed by atoms with Gasteiger partial charge in [-0.05, 0) is 18.8 Å². The summed E-state index contributed by atoms with van der Waals surface area (Å²) in [6, 6.07) is 0.322. The van der Waals surface area contributed by atoms with Gasteiger partial charge in [0, 0.05) is 32.2 Å². The lowest BCUT2D eigenvalue weighted by atomic mass is 10.1. The minimum Gasteiger partial charge on any atom is -0.380 e. The summed E-state index contributed by atoms with van der Waals surface area (Å²) in [5.41, 5.74) is 0. The molecule has 1 aliphatic heterocycles. The van der Waals surface area contributed by atoms with Gasteiger partial charge in [-0.25, -0.2) is 0 Å². The average molecular weight is 228 g/mol. The third-order valence-electron chi connectivity index (χ3n) is 2.74. The molecule has 1 heterocycles. The van der Waals surface area contributed by atoms with E-state index in [2.05, 4.69) is 24.5 Å². The van der Waals surface area contributed by atoms with Gasteiger partial charge in [0.25, 0.3) is 0 Å². The molecule has 4 heteroatoms. The highest BCUT2D eigenvalue weighted by Crippen LogP contribution is 2.04. The van der Waals surface area contributed by atoms with Crippen LogP contribution in [-0.2, 0) is 9.53 Å². The van der Waals surface area contributed by atoms with Crippen LogP contribution in [0.4, 0.5) is 0 Å². The quantitative estimate of drug-likeness (QED) is 0.607. The summed E-state index contributed by atoms with van der Waals surface area (Å²) in [6.45, 7) is 7.73. The molecule has 1 atom stereocenters. The Morgan fingerprint density at radius 3 is 2.94 bits per heavy atom. The van der Waals surface area contributed by atoms with E-state index in [1.54, 1.807) is 0 Å². The molecular weight excluding hydrogens is 204 g/mol. The number of rotatable bonds is 8. The summed E-state index contributed by atoms with van der Waals surface area (Å²) in [5, 5.41) is 6.22. The normalized spacial score (nSPS) is 20.4. The summed E-state index contributed by atoms with van der Waals surface area (Å²) in [5.74, 6) is 0.890. The molecule has 0 bridgehead atoms. The second-order valence-electron chi connectivity index (χ2n) is 4.80. The Bertz CT molecular complexity index is 207. The molecule has 1 aliphatic rings. The Morgan fingerprint density at radius 1 is 1.50 bits per heavy atom. The fourth-order valence-electron chi connectivity index (χ4n) is 1.67. The second kappa shape index (κ2) is 7.63. The van der Waals surface area contributed by atoms with Crippen molar-refractivity contribution < 1.29 is 9.53 Å². The van der Waals surface area contributed by atoms with Gasteiger partial charge in [0.2, 0.25) is 5.91 Å². The first-order chi connectivity index (χ1) is 7.68. The zero-order valence-electron chi connectivity index (χ0n) is 10.4. The molecule has 4 nitrogen and oxygen atoms in total.